The van der Waals surface area contributed by atoms with Gasteiger partial charge in [0, 0.05) is 5.02 Å². The molecule has 1 N–H and O–H groups in total. The molecule has 3 rings (SSSR count). The number of thiocarbonyl (C=S) groups is 1. The van der Waals surface area contributed by atoms with Crippen LogP contribution in [0.1, 0.15) is 12.5 Å². The van der Waals surface area contributed by atoms with Gasteiger partial charge in [-0.1, -0.05) is 47.7 Å². The lowest BCUT2D eigenvalue weighted by atomic mass is 10.1. The van der Waals surface area contributed by atoms with Gasteiger partial charge in [0.25, 0.3) is 5.91 Å². The van der Waals surface area contributed by atoms with E-state index in [0.29, 0.717) is 43.6 Å². The number of carboxylic acid groups (broad SMARTS) is 1. The summed E-state index contributed by atoms with van der Waals surface area (Å²) in [6, 6.07) is 11.9. The van der Waals surface area contributed by atoms with Crippen LogP contribution in [0.25, 0.3) is 6.08 Å². The maximum absolute atomic E-state index is 12.9. The smallest absolute Gasteiger partial charge is 0.341 e. The maximum atomic E-state index is 12.9. The molecule has 2 aromatic carbocycles. The second kappa shape index (κ2) is 9.30. The minimum atomic E-state index is -1.08. The third-order valence-electron chi connectivity index (χ3n) is 3.78. The van der Waals surface area contributed by atoms with Gasteiger partial charge in [0.05, 0.1) is 17.2 Å². The van der Waals surface area contributed by atoms with Gasteiger partial charge < -0.3 is 14.6 Å². The Hall–Kier alpha value is -2.55. The van der Waals surface area contributed by atoms with E-state index in [9.17, 15) is 9.59 Å². The molecule has 0 aliphatic carbocycles. The average molecular weight is 450 g/mol. The van der Waals surface area contributed by atoms with Gasteiger partial charge in [0.1, 0.15) is 0 Å². The lowest BCUT2D eigenvalue weighted by Gasteiger charge is -2.14. The molecule has 1 amide bonds. The highest BCUT2D eigenvalue weighted by atomic mass is 35.5. The Kier molecular flexibility index (Phi) is 6.79. The van der Waals surface area contributed by atoms with E-state index in [1.165, 1.54) is 16.7 Å². The molecular weight excluding hydrogens is 434 g/mol. The van der Waals surface area contributed by atoms with Crippen LogP contribution in [0, 0.1) is 0 Å². The van der Waals surface area contributed by atoms with Gasteiger partial charge in [-0.25, -0.2) is 4.79 Å². The standard InChI is InChI=1S/C20H16ClNO5S2/c1-2-26-16-8-12(6-7-15(16)27-11-18(23)24)9-17-19(25)22(20(28)29-17)14-5-3-4-13(21)10-14/h3-10H,2,11H2,1H3,(H,23,24). The first kappa shape index (κ1) is 21.2. The number of halogens is 1. The quantitative estimate of drug-likeness (QED) is 0.488. The Morgan fingerprint density at radius 1 is 1.24 bits per heavy atom. The molecule has 0 saturated carbocycles. The van der Waals surface area contributed by atoms with Gasteiger partial charge in [0.2, 0.25) is 0 Å². The summed E-state index contributed by atoms with van der Waals surface area (Å²) in [4.78, 5) is 25.5. The highest BCUT2D eigenvalue weighted by Crippen LogP contribution is 2.37. The summed E-state index contributed by atoms with van der Waals surface area (Å²) >= 11 is 12.6. The van der Waals surface area contributed by atoms with Crippen LogP contribution in [0.4, 0.5) is 5.69 Å². The van der Waals surface area contributed by atoms with Crippen molar-refractivity contribution in [2.24, 2.45) is 0 Å². The van der Waals surface area contributed by atoms with Crippen LogP contribution in [0.15, 0.2) is 47.4 Å². The molecule has 1 saturated heterocycles. The van der Waals surface area contributed by atoms with E-state index in [0.717, 1.165) is 0 Å². The number of carboxylic acids is 1. The van der Waals surface area contributed by atoms with Crippen LogP contribution < -0.4 is 14.4 Å². The van der Waals surface area contributed by atoms with Crippen LogP contribution in [0.5, 0.6) is 11.5 Å². The van der Waals surface area contributed by atoms with Gasteiger partial charge in [-0.2, -0.15) is 0 Å². The van der Waals surface area contributed by atoms with E-state index in [2.05, 4.69) is 0 Å². The zero-order valence-electron chi connectivity index (χ0n) is 15.3. The second-order valence-corrected chi connectivity index (χ2v) is 7.93. The topological polar surface area (TPSA) is 76.1 Å². The molecule has 9 heteroatoms. The SMILES string of the molecule is CCOc1cc(C=C2SC(=S)N(c3cccc(Cl)c3)C2=O)ccc1OCC(=O)O. The fraction of sp³-hybridized carbons (Fsp3) is 0.150. The first-order valence-corrected chi connectivity index (χ1v) is 10.1. The van der Waals surface area contributed by atoms with E-state index < -0.39 is 12.6 Å². The number of nitrogens with zero attached hydrogens (tertiary/aromatic N) is 1. The number of thioether (sulfide) groups is 1. The van der Waals surface area contributed by atoms with Gasteiger partial charge in [-0.3, -0.25) is 9.69 Å². The van der Waals surface area contributed by atoms with Crippen molar-refractivity contribution in [3.63, 3.8) is 0 Å². The first-order valence-electron chi connectivity index (χ1n) is 8.54. The molecule has 29 heavy (non-hydrogen) atoms. The van der Waals surface area contributed by atoms with Crippen LogP contribution in [-0.2, 0) is 9.59 Å². The minimum absolute atomic E-state index is 0.244. The van der Waals surface area contributed by atoms with E-state index >= 15 is 0 Å². The molecular formula is C20H16ClNO5S2. The summed E-state index contributed by atoms with van der Waals surface area (Å²) in [5.74, 6) is -0.613. The first-order chi connectivity index (χ1) is 13.9. The van der Waals surface area contributed by atoms with Gasteiger partial charge in [-0.15, -0.1) is 0 Å². The molecule has 0 spiro atoms. The number of anilines is 1. The maximum Gasteiger partial charge on any atom is 0.341 e. The predicted octanol–water partition coefficient (Wildman–Crippen LogP) is 4.61. The Labute approximate surface area is 182 Å². The second-order valence-electron chi connectivity index (χ2n) is 5.82. The number of benzene rings is 2. The lowest BCUT2D eigenvalue weighted by molar-refractivity contribution is -0.139. The third kappa shape index (κ3) is 5.09. The average Bonchev–Trinajstić information content (AvgIpc) is 2.94. The summed E-state index contributed by atoms with van der Waals surface area (Å²) in [7, 11) is 0. The molecule has 1 aliphatic rings. The van der Waals surface area contributed by atoms with Gasteiger partial charge >= 0.3 is 5.97 Å². The Balaban J connectivity index is 1.87. The van der Waals surface area contributed by atoms with Crippen LogP contribution >= 0.6 is 35.6 Å². The molecule has 0 atom stereocenters. The zero-order chi connectivity index (χ0) is 21.0. The van der Waals surface area contributed by atoms with E-state index in [1.807, 2.05) is 6.92 Å². The summed E-state index contributed by atoms with van der Waals surface area (Å²) < 4.78 is 11.2. The van der Waals surface area contributed by atoms with Crippen molar-refractivity contribution in [2.75, 3.05) is 18.1 Å². The monoisotopic (exact) mass is 449 g/mol. The van der Waals surface area contributed by atoms with E-state index in [-0.39, 0.29) is 5.91 Å². The normalized spacial score (nSPS) is 15.1. The van der Waals surface area contributed by atoms with E-state index in [1.54, 1.807) is 48.5 Å². The van der Waals surface area contributed by atoms with Crippen LogP contribution in [0.3, 0.4) is 0 Å². The number of carbonyl (C=O) groups excluding carboxylic acids is 1. The third-order valence-corrected chi connectivity index (χ3v) is 5.31. The van der Waals surface area contributed by atoms with Crippen molar-refractivity contribution < 1.29 is 24.2 Å². The van der Waals surface area contributed by atoms with Crippen molar-refractivity contribution in [3.8, 4) is 11.5 Å². The predicted molar refractivity (Wildman–Crippen MR) is 118 cm³/mol. The Morgan fingerprint density at radius 3 is 2.72 bits per heavy atom. The summed E-state index contributed by atoms with van der Waals surface area (Å²) in [5, 5.41) is 9.30. The Morgan fingerprint density at radius 2 is 2.03 bits per heavy atom. The molecule has 1 fully saturated rings. The molecule has 1 aliphatic heterocycles. The highest BCUT2D eigenvalue weighted by Gasteiger charge is 2.33. The molecule has 0 unspecified atom stereocenters. The van der Waals surface area contributed by atoms with Gasteiger partial charge in [-0.05, 0) is 48.9 Å². The number of rotatable bonds is 7. The summed E-state index contributed by atoms with van der Waals surface area (Å²) in [6.45, 7) is 1.71. The molecule has 6 nitrogen and oxygen atoms in total. The van der Waals surface area contributed by atoms with Crippen molar-refractivity contribution in [2.45, 2.75) is 6.92 Å². The number of aliphatic carboxylic acids is 1. The number of ether oxygens (including phenoxy) is 2. The van der Waals surface area contributed by atoms with Gasteiger partial charge in [0.15, 0.2) is 22.4 Å². The molecule has 1 heterocycles. The van der Waals surface area contributed by atoms with Crippen molar-refractivity contribution in [1.82, 2.24) is 0 Å². The molecule has 2 aromatic rings. The van der Waals surface area contributed by atoms with Crippen molar-refractivity contribution in [1.29, 1.82) is 0 Å². The molecule has 150 valence electrons. The van der Waals surface area contributed by atoms with Crippen molar-refractivity contribution >= 4 is 63.5 Å². The summed E-state index contributed by atoms with van der Waals surface area (Å²) in [6.07, 6.45) is 1.70. The fourth-order valence-corrected chi connectivity index (χ4v) is 4.08. The number of amides is 1. The zero-order valence-corrected chi connectivity index (χ0v) is 17.6. The van der Waals surface area contributed by atoms with Crippen LogP contribution in [0.2, 0.25) is 5.02 Å². The van der Waals surface area contributed by atoms with E-state index in [4.69, 9.17) is 38.4 Å². The van der Waals surface area contributed by atoms with Crippen molar-refractivity contribution in [3.05, 3.63) is 58.0 Å². The van der Waals surface area contributed by atoms with Crippen LogP contribution in [-0.4, -0.2) is 34.5 Å². The minimum Gasteiger partial charge on any atom is -0.490 e. The summed E-state index contributed by atoms with van der Waals surface area (Å²) in [5.41, 5.74) is 1.30. The molecule has 0 radical (unpaired) electrons. The largest absolute Gasteiger partial charge is 0.490 e. The highest BCUT2D eigenvalue weighted by molar-refractivity contribution is 8.27. The Bertz CT molecular complexity index is 1010. The molecule has 0 aromatic heterocycles. The molecule has 0 bridgehead atoms. The number of hydrogen-bond donors (Lipinski definition) is 1. The number of hydrogen-bond acceptors (Lipinski definition) is 6. The fourth-order valence-electron chi connectivity index (χ4n) is 2.60. The number of carbonyl (C=O) groups is 2. The lowest BCUT2D eigenvalue weighted by Crippen LogP contribution is -2.27.